The molecule has 0 saturated heterocycles. The fourth-order valence-corrected chi connectivity index (χ4v) is 2.78. The number of hydrogen-bond donors (Lipinski definition) is 2. The van der Waals surface area contributed by atoms with Crippen LogP contribution in [0.3, 0.4) is 0 Å². The van der Waals surface area contributed by atoms with Gasteiger partial charge < -0.3 is 10.4 Å². The van der Waals surface area contributed by atoms with E-state index in [4.69, 9.17) is 0 Å². The number of benzene rings is 1. The van der Waals surface area contributed by atoms with Gasteiger partial charge in [0.1, 0.15) is 18.0 Å². The molecule has 0 spiro atoms. The van der Waals surface area contributed by atoms with Crippen LogP contribution in [-0.4, -0.2) is 30.3 Å². The van der Waals surface area contributed by atoms with E-state index in [1.54, 1.807) is 0 Å². The highest BCUT2D eigenvalue weighted by atomic mass is 19.4. The van der Waals surface area contributed by atoms with Crippen LogP contribution in [0.4, 0.5) is 36.6 Å². The van der Waals surface area contributed by atoms with Gasteiger partial charge in [-0.1, -0.05) is 6.07 Å². The summed E-state index contributed by atoms with van der Waals surface area (Å²) in [6.45, 7) is 2.43. The molecule has 0 unspecified atom stereocenters. The van der Waals surface area contributed by atoms with Crippen molar-refractivity contribution < 1.29 is 35.8 Å². The van der Waals surface area contributed by atoms with E-state index in [0.717, 1.165) is 16.9 Å². The number of anilines is 1. The van der Waals surface area contributed by atoms with E-state index in [1.165, 1.54) is 13.8 Å². The molecule has 0 aliphatic rings. The van der Waals surface area contributed by atoms with Gasteiger partial charge in [0.15, 0.2) is 5.69 Å². The lowest BCUT2D eigenvalue weighted by atomic mass is 9.90. The number of nitrogens with one attached hydrogen (secondary N) is 1. The lowest BCUT2D eigenvalue weighted by Gasteiger charge is -2.32. The van der Waals surface area contributed by atoms with Gasteiger partial charge in [-0.2, -0.15) is 40.9 Å². The second-order valence-corrected chi connectivity index (χ2v) is 6.96. The van der Waals surface area contributed by atoms with Gasteiger partial charge in [0.25, 0.3) is 5.78 Å². The highest BCUT2D eigenvalue weighted by molar-refractivity contribution is 5.48. The average Bonchev–Trinajstić information content (AvgIpc) is 3.06. The van der Waals surface area contributed by atoms with E-state index in [2.05, 4.69) is 20.4 Å². The van der Waals surface area contributed by atoms with Crippen LogP contribution in [0.2, 0.25) is 0 Å². The number of fused-ring (bicyclic) bond motifs is 1. The summed E-state index contributed by atoms with van der Waals surface area (Å²) in [4.78, 5) is 6.92. The molecule has 3 rings (SSSR count). The molecule has 0 aliphatic carbocycles. The minimum Gasteiger partial charge on any atom is -0.388 e. The number of aromatic nitrogens is 4. The summed E-state index contributed by atoms with van der Waals surface area (Å²) < 4.78 is 93.3. The molecule has 13 heteroatoms. The highest BCUT2D eigenvalue weighted by Crippen LogP contribution is 2.36. The van der Waals surface area contributed by atoms with Gasteiger partial charge in [0.2, 0.25) is 0 Å². The lowest BCUT2D eigenvalue weighted by molar-refractivity contribution is -0.141. The zero-order valence-corrected chi connectivity index (χ0v) is 15.3. The summed E-state index contributed by atoms with van der Waals surface area (Å²) in [5.41, 5.74) is -4.78. The Morgan fingerprint density at radius 2 is 1.70 bits per heavy atom. The summed E-state index contributed by atoms with van der Waals surface area (Å²) in [7, 11) is 0. The largest absolute Gasteiger partial charge is 0.433 e. The third-order valence-electron chi connectivity index (χ3n) is 4.18. The van der Waals surface area contributed by atoms with Crippen molar-refractivity contribution in [3.63, 3.8) is 0 Å². The average molecular weight is 437 g/mol. The molecule has 0 aliphatic heterocycles. The summed E-state index contributed by atoms with van der Waals surface area (Å²) in [6.07, 6.45) is -8.70. The number of alkyl halides is 6. The van der Waals surface area contributed by atoms with E-state index < -0.39 is 52.4 Å². The Bertz CT molecular complexity index is 1070. The molecule has 162 valence electrons. The maximum absolute atomic E-state index is 14.5. The van der Waals surface area contributed by atoms with Crippen molar-refractivity contribution in [2.45, 2.75) is 37.8 Å². The number of aliphatic hydroxyl groups is 1. The van der Waals surface area contributed by atoms with E-state index >= 15 is 0 Å². The van der Waals surface area contributed by atoms with E-state index in [1.807, 2.05) is 0 Å². The SMILES string of the molecule is CC(C)(O)[C@H](Nc1cc(C(F)(F)F)nc2ncnn12)c1ccc(C(F)(F)F)cc1F. The summed E-state index contributed by atoms with van der Waals surface area (Å²) >= 11 is 0. The molecule has 0 amide bonds. The molecule has 1 aromatic carbocycles. The fraction of sp³-hybridized carbons (Fsp3) is 0.353. The molecule has 0 saturated carbocycles. The molecule has 6 nitrogen and oxygen atoms in total. The molecular weight excluding hydrogens is 423 g/mol. The maximum atomic E-state index is 14.5. The van der Waals surface area contributed by atoms with Crippen molar-refractivity contribution in [3.05, 3.63) is 53.2 Å². The number of halogens is 7. The van der Waals surface area contributed by atoms with Gasteiger partial charge in [0.05, 0.1) is 17.2 Å². The van der Waals surface area contributed by atoms with Gasteiger partial charge in [-0.25, -0.2) is 9.37 Å². The fourth-order valence-electron chi connectivity index (χ4n) is 2.78. The molecule has 2 heterocycles. The van der Waals surface area contributed by atoms with Crippen LogP contribution in [0.15, 0.2) is 30.6 Å². The Labute approximate surface area is 164 Å². The summed E-state index contributed by atoms with van der Waals surface area (Å²) in [5, 5.41) is 16.7. The first-order valence-electron chi connectivity index (χ1n) is 8.31. The predicted molar refractivity (Wildman–Crippen MR) is 89.8 cm³/mol. The molecule has 0 fully saturated rings. The predicted octanol–water partition coefficient (Wildman–Crippen LogP) is 4.23. The van der Waals surface area contributed by atoms with Gasteiger partial charge in [-0.15, -0.1) is 0 Å². The van der Waals surface area contributed by atoms with Gasteiger partial charge in [0, 0.05) is 11.6 Å². The number of rotatable bonds is 4. The standard InChI is InChI=1S/C17H14F7N5O/c1-15(2,30)13(9-4-3-8(5-10(9)18)16(19,20)21)28-12-6-11(17(22,23)24)27-14-25-7-26-29(12)14/h3-7,13,28,30H,1-2H3/t13-/m1/s1. The number of hydrogen-bond acceptors (Lipinski definition) is 5. The van der Waals surface area contributed by atoms with Crippen molar-refractivity contribution in [3.8, 4) is 0 Å². The molecule has 0 radical (unpaired) electrons. The second-order valence-electron chi connectivity index (χ2n) is 6.96. The molecule has 3 aromatic rings. The van der Waals surface area contributed by atoms with Crippen LogP contribution in [0.1, 0.15) is 36.7 Å². The first-order chi connectivity index (χ1) is 13.7. The Hall–Kier alpha value is -2.96. The molecule has 30 heavy (non-hydrogen) atoms. The summed E-state index contributed by atoms with van der Waals surface area (Å²) in [5.74, 6) is -2.07. The van der Waals surface area contributed by atoms with Crippen molar-refractivity contribution in [2.24, 2.45) is 0 Å². The van der Waals surface area contributed by atoms with Crippen molar-refractivity contribution in [1.82, 2.24) is 19.6 Å². The quantitative estimate of drug-likeness (QED) is 0.598. The van der Waals surface area contributed by atoms with Crippen LogP contribution in [0.25, 0.3) is 5.78 Å². The zero-order chi connectivity index (χ0) is 22.5. The minimum atomic E-state index is -4.84. The molecular formula is C17H14F7N5O. The third-order valence-corrected chi connectivity index (χ3v) is 4.18. The third kappa shape index (κ3) is 4.30. The van der Waals surface area contributed by atoms with Crippen LogP contribution < -0.4 is 5.32 Å². The molecule has 2 N–H and O–H groups in total. The highest BCUT2D eigenvalue weighted by Gasteiger charge is 2.37. The Morgan fingerprint density at radius 3 is 2.23 bits per heavy atom. The second kappa shape index (κ2) is 7.07. The topological polar surface area (TPSA) is 75.3 Å². The monoisotopic (exact) mass is 437 g/mol. The van der Waals surface area contributed by atoms with Crippen LogP contribution in [0.5, 0.6) is 0 Å². The normalized spacial score (nSPS) is 14.2. The molecule has 2 aromatic heterocycles. The Balaban J connectivity index is 2.11. The van der Waals surface area contributed by atoms with Crippen LogP contribution in [-0.2, 0) is 12.4 Å². The smallest absolute Gasteiger partial charge is 0.388 e. The van der Waals surface area contributed by atoms with Gasteiger partial charge in [-0.05, 0) is 26.0 Å². The first-order valence-corrected chi connectivity index (χ1v) is 8.31. The van der Waals surface area contributed by atoms with Crippen LogP contribution in [0, 0.1) is 5.82 Å². The minimum absolute atomic E-state index is 0.245. The maximum Gasteiger partial charge on any atom is 0.433 e. The first kappa shape index (κ1) is 21.7. The van der Waals surface area contributed by atoms with E-state index in [9.17, 15) is 35.8 Å². The van der Waals surface area contributed by atoms with Crippen molar-refractivity contribution in [1.29, 1.82) is 0 Å². The van der Waals surface area contributed by atoms with E-state index in [-0.39, 0.29) is 11.9 Å². The zero-order valence-electron chi connectivity index (χ0n) is 15.3. The Kier molecular flexibility index (Phi) is 5.13. The van der Waals surface area contributed by atoms with Crippen LogP contribution >= 0.6 is 0 Å². The van der Waals surface area contributed by atoms with Crippen molar-refractivity contribution >= 4 is 11.6 Å². The summed E-state index contributed by atoms with van der Waals surface area (Å²) in [6, 6.07) is 0.780. The number of nitrogens with zero attached hydrogens (tertiary/aromatic N) is 4. The molecule has 0 bridgehead atoms. The lowest BCUT2D eigenvalue weighted by Crippen LogP contribution is -2.36. The Morgan fingerprint density at radius 1 is 1.03 bits per heavy atom. The molecule has 1 atom stereocenters. The van der Waals surface area contributed by atoms with Gasteiger partial charge in [-0.3, -0.25) is 0 Å². The van der Waals surface area contributed by atoms with E-state index in [0.29, 0.717) is 12.1 Å². The van der Waals surface area contributed by atoms with Gasteiger partial charge >= 0.3 is 12.4 Å². The van der Waals surface area contributed by atoms with Crippen molar-refractivity contribution in [2.75, 3.05) is 5.32 Å².